The first kappa shape index (κ1) is 18.1. The molecule has 0 saturated heterocycles. The third-order valence-electron chi connectivity index (χ3n) is 3.76. The van der Waals surface area contributed by atoms with Gasteiger partial charge in [-0.3, -0.25) is 9.59 Å². The molecule has 27 heavy (non-hydrogen) atoms. The number of hydrogen-bond acceptors (Lipinski definition) is 5. The molecule has 2 aromatic carbocycles. The number of aromatic nitrogens is 2. The first-order valence-electron chi connectivity index (χ1n) is 8.35. The standard InChI is InChI=1S/C20H19N5O2/c1-13-5-3-4-6-17(13)25-19-12-21-18(11-22-19)20(27)24-16-9-7-15(8-10-16)23-14(2)26/h3-12H,1-2H3,(H,22,25)(H,23,26)(H,24,27). The molecule has 1 aromatic heterocycles. The zero-order valence-corrected chi connectivity index (χ0v) is 15.0. The van der Waals surface area contributed by atoms with Crippen molar-refractivity contribution >= 4 is 34.7 Å². The van der Waals surface area contributed by atoms with E-state index in [0.717, 1.165) is 11.3 Å². The summed E-state index contributed by atoms with van der Waals surface area (Å²) >= 11 is 0. The minimum atomic E-state index is -0.364. The second-order valence-electron chi connectivity index (χ2n) is 5.94. The number of carbonyl (C=O) groups excluding carboxylic acids is 2. The molecule has 0 saturated carbocycles. The van der Waals surface area contributed by atoms with E-state index in [1.165, 1.54) is 19.3 Å². The Bertz CT molecular complexity index is 953. The van der Waals surface area contributed by atoms with E-state index in [1.54, 1.807) is 24.3 Å². The van der Waals surface area contributed by atoms with Crippen molar-refractivity contribution < 1.29 is 9.59 Å². The van der Waals surface area contributed by atoms with Crippen molar-refractivity contribution in [2.45, 2.75) is 13.8 Å². The van der Waals surface area contributed by atoms with Crippen LogP contribution >= 0.6 is 0 Å². The smallest absolute Gasteiger partial charge is 0.275 e. The minimum absolute atomic E-state index is 0.151. The van der Waals surface area contributed by atoms with Crippen molar-refractivity contribution in [2.24, 2.45) is 0 Å². The number of carbonyl (C=O) groups is 2. The molecule has 0 aliphatic heterocycles. The fraction of sp³-hybridized carbons (Fsp3) is 0.100. The first-order chi connectivity index (χ1) is 13.0. The van der Waals surface area contributed by atoms with Crippen molar-refractivity contribution in [2.75, 3.05) is 16.0 Å². The van der Waals surface area contributed by atoms with Gasteiger partial charge in [0.15, 0.2) is 0 Å². The van der Waals surface area contributed by atoms with Gasteiger partial charge in [0.25, 0.3) is 5.91 Å². The van der Waals surface area contributed by atoms with Crippen LogP contribution in [-0.2, 0) is 4.79 Å². The molecule has 7 nitrogen and oxygen atoms in total. The summed E-state index contributed by atoms with van der Waals surface area (Å²) in [6.45, 7) is 3.43. The second kappa shape index (κ2) is 8.09. The number of para-hydroxylation sites is 1. The van der Waals surface area contributed by atoms with Crippen LogP contribution in [0.3, 0.4) is 0 Å². The number of nitrogens with zero attached hydrogens (tertiary/aromatic N) is 2. The van der Waals surface area contributed by atoms with E-state index in [1.807, 2.05) is 31.2 Å². The van der Waals surface area contributed by atoms with Crippen molar-refractivity contribution in [1.82, 2.24) is 9.97 Å². The van der Waals surface area contributed by atoms with Crippen LogP contribution in [0.25, 0.3) is 0 Å². The van der Waals surface area contributed by atoms with Crippen LogP contribution in [0.1, 0.15) is 23.0 Å². The largest absolute Gasteiger partial charge is 0.339 e. The molecule has 2 amide bonds. The Morgan fingerprint density at radius 2 is 1.52 bits per heavy atom. The summed E-state index contributed by atoms with van der Waals surface area (Å²) in [6, 6.07) is 14.6. The van der Waals surface area contributed by atoms with Gasteiger partial charge >= 0.3 is 0 Å². The fourth-order valence-electron chi connectivity index (χ4n) is 2.40. The molecule has 3 rings (SSSR count). The Morgan fingerprint density at radius 3 is 2.11 bits per heavy atom. The van der Waals surface area contributed by atoms with E-state index < -0.39 is 0 Å². The summed E-state index contributed by atoms with van der Waals surface area (Å²) < 4.78 is 0. The van der Waals surface area contributed by atoms with Crippen LogP contribution in [0.15, 0.2) is 60.9 Å². The Morgan fingerprint density at radius 1 is 0.852 bits per heavy atom. The number of amides is 2. The van der Waals surface area contributed by atoms with Gasteiger partial charge in [-0.25, -0.2) is 9.97 Å². The summed E-state index contributed by atoms with van der Waals surface area (Å²) in [5.74, 6) is 0.0409. The third-order valence-corrected chi connectivity index (χ3v) is 3.76. The monoisotopic (exact) mass is 361 g/mol. The van der Waals surface area contributed by atoms with Crippen LogP contribution < -0.4 is 16.0 Å². The highest BCUT2D eigenvalue weighted by Gasteiger charge is 2.09. The lowest BCUT2D eigenvalue weighted by Gasteiger charge is -2.09. The maximum absolute atomic E-state index is 12.3. The number of benzene rings is 2. The Kier molecular flexibility index (Phi) is 5.41. The molecule has 136 valence electrons. The summed E-state index contributed by atoms with van der Waals surface area (Å²) in [6.07, 6.45) is 2.93. The molecule has 7 heteroatoms. The SMILES string of the molecule is CC(=O)Nc1ccc(NC(=O)c2cnc(Nc3ccccc3C)cn2)cc1. The van der Waals surface area contributed by atoms with Gasteiger partial charge in [-0.2, -0.15) is 0 Å². The number of hydrogen-bond donors (Lipinski definition) is 3. The van der Waals surface area contributed by atoms with E-state index in [2.05, 4.69) is 25.9 Å². The first-order valence-corrected chi connectivity index (χ1v) is 8.35. The molecule has 0 radical (unpaired) electrons. The molecule has 0 aliphatic carbocycles. The van der Waals surface area contributed by atoms with Gasteiger partial charge in [0.05, 0.1) is 12.4 Å². The highest BCUT2D eigenvalue weighted by Crippen LogP contribution is 2.18. The van der Waals surface area contributed by atoms with E-state index >= 15 is 0 Å². The molecule has 0 aliphatic rings. The molecule has 0 spiro atoms. The third kappa shape index (κ3) is 4.88. The molecule has 0 bridgehead atoms. The lowest BCUT2D eigenvalue weighted by Crippen LogP contribution is -2.14. The lowest BCUT2D eigenvalue weighted by atomic mass is 10.2. The summed E-state index contributed by atoms with van der Waals surface area (Å²) in [4.78, 5) is 31.7. The number of aryl methyl sites for hydroxylation is 1. The fourth-order valence-corrected chi connectivity index (χ4v) is 2.40. The van der Waals surface area contributed by atoms with Crippen molar-refractivity contribution in [3.63, 3.8) is 0 Å². The Balaban J connectivity index is 1.63. The maximum atomic E-state index is 12.3. The van der Waals surface area contributed by atoms with Gasteiger partial charge in [-0.15, -0.1) is 0 Å². The molecule has 0 fully saturated rings. The van der Waals surface area contributed by atoms with Crippen LogP contribution in [0.4, 0.5) is 22.9 Å². The molecule has 3 aromatic rings. The molecule has 3 N–H and O–H groups in total. The summed E-state index contributed by atoms with van der Waals surface area (Å²) in [7, 11) is 0. The van der Waals surface area contributed by atoms with Crippen LogP contribution in [0.2, 0.25) is 0 Å². The predicted octanol–water partition coefficient (Wildman–Crippen LogP) is 3.74. The van der Waals surface area contributed by atoms with Crippen molar-refractivity contribution in [3.8, 4) is 0 Å². The minimum Gasteiger partial charge on any atom is -0.339 e. The average Bonchev–Trinajstić information content (AvgIpc) is 2.65. The highest BCUT2D eigenvalue weighted by atomic mass is 16.2. The van der Waals surface area contributed by atoms with Crippen molar-refractivity contribution in [3.05, 3.63) is 72.2 Å². The summed E-state index contributed by atoms with van der Waals surface area (Å²) in [5, 5.41) is 8.58. The number of anilines is 4. The topological polar surface area (TPSA) is 96.0 Å². The molecular formula is C20H19N5O2. The molecule has 0 unspecified atom stereocenters. The number of nitrogens with one attached hydrogen (secondary N) is 3. The van der Waals surface area contributed by atoms with E-state index in [9.17, 15) is 9.59 Å². The van der Waals surface area contributed by atoms with E-state index in [4.69, 9.17) is 0 Å². The zero-order chi connectivity index (χ0) is 19.2. The van der Waals surface area contributed by atoms with Crippen molar-refractivity contribution in [1.29, 1.82) is 0 Å². The summed E-state index contributed by atoms with van der Waals surface area (Å²) in [5.41, 5.74) is 3.48. The Hall–Kier alpha value is -3.74. The maximum Gasteiger partial charge on any atom is 0.275 e. The predicted molar refractivity (Wildman–Crippen MR) is 105 cm³/mol. The quantitative estimate of drug-likeness (QED) is 0.643. The van der Waals surface area contributed by atoms with Gasteiger partial charge < -0.3 is 16.0 Å². The van der Waals surface area contributed by atoms with Gasteiger partial charge in [-0.1, -0.05) is 18.2 Å². The molecular weight excluding hydrogens is 342 g/mol. The van der Waals surface area contributed by atoms with Crippen LogP contribution in [0.5, 0.6) is 0 Å². The van der Waals surface area contributed by atoms with Gasteiger partial charge in [0.1, 0.15) is 11.5 Å². The molecule has 0 atom stereocenters. The normalized spacial score (nSPS) is 10.1. The highest BCUT2D eigenvalue weighted by molar-refractivity contribution is 6.02. The zero-order valence-electron chi connectivity index (χ0n) is 15.0. The van der Waals surface area contributed by atoms with E-state index in [-0.39, 0.29) is 17.5 Å². The van der Waals surface area contributed by atoms with Crippen LogP contribution in [-0.4, -0.2) is 21.8 Å². The Labute approximate surface area is 156 Å². The van der Waals surface area contributed by atoms with Gasteiger partial charge in [0.2, 0.25) is 5.91 Å². The number of rotatable bonds is 5. The average molecular weight is 361 g/mol. The lowest BCUT2D eigenvalue weighted by molar-refractivity contribution is -0.114. The van der Waals surface area contributed by atoms with Crippen LogP contribution in [0, 0.1) is 6.92 Å². The van der Waals surface area contributed by atoms with Gasteiger partial charge in [-0.05, 0) is 42.8 Å². The second-order valence-corrected chi connectivity index (χ2v) is 5.94. The molecule has 1 heterocycles. The van der Waals surface area contributed by atoms with Gasteiger partial charge in [0, 0.05) is 24.0 Å². The van der Waals surface area contributed by atoms with E-state index in [0.29, 0.717) is 17.2 Å².